The van der Waals surface area contributed by atoms with Crippen molar-refractivity contribution in [2.45, 2.75) is 39.0 Å². The van der Waals surface area contributed by atoms with Crippen molar-refractivity contribution in [3.05, 3.63) is 35.6 Å². The molecule has 1 heterocycles. The molecule has 1 amide bonds. The molecule has 1 aliphatic heterocycles. The van der Waals surface area contributed by atoms with Crippen LogP contribution in [0.3, 0.4) is 0 Å². The minimum absolute atomic E-state index is 0.00126. The van der Waals surface area contributed by atoms with Gasteiger partial charge in [0.25, 0.3) is 0 Å². The number of carboxylic acid groups (broad SMARTS) is 1. The van der Waals surface area contributed by atoms with Crippen molar-refractivity contribution in [2.24, 2.45) is 17.3 Å². The molecule has 1 N–H and O–H groups in total. The van der Waals surface area contributed by atoms with E-state index in [2.05, 4.69) is 0 Å². The van der Waals surface area contributed by atoms with Gasteiger partial charge in [-0.25, -0.2) is 4.39 Å². The summed E-state index contributed by atoms with van der Waals surface area (Å²) in [5, 5.41) is 9.62. The maximum atomic E-state index is 13.7. The Hall–Kier alpha value is -1.91. The Morgan fingerprint density at radius 2 is 2.17 bits per heavy atom. The zero-order valence-corrected chi connectivity index (χ0v) is 14.0. The zero-order chi connectivity index (χ0) is 17.3. The highest BCUT2D eigenvalue weighted by molar-refractivity contribution is 5.82. The topological polar surface area (TPSA) is 57.6 Å². The first kappa shape index (κ1) is 16.9. The maximum Gasteiger partial charge on any atom is 0.311 e. The number of amides is 1. The van der Waals surface area contributed by atoms with Crippen LogP contribution >= 0.6 is 0 Å². The molecule has 1 unspecified atom stereocenters. The summed E-state index contributed by atoms with van der Waals surface area (Å²) in [6.45, 7) is 2.73. The summed E-state index contributed by atoms with van der Waals surface area (Å²) in [4.78, 5) is 26.1. The summed E-state index contributed by atoms with van der Waals surface area (Å²) in [5.41, 5.74) is -0.113. The number of fused-ring (bicyclic) bond motifs is 1. The molecule has 24 heavy (non-hydrogen) atoms. The molecule has 0 spiro atoms. The summed E-state index contributed by atoms with van der Waals surface area (Å²) < 4.78 is 13.7. The van der Waals surface area contributed by atoms with E-state index in [1.165, 1.54) is 6.07 Å². The van der Waals surface area contributed by atoms with Crippen LogP contribution in [0.1, 0.15) is 38.2 Å². The molecule has 5 heteroatoms. The summed E-state index contributed by atoms with van der Waals surface area (Å²) >= 11 is 0. The zero-order valence-electron chi connectivity index (χ0n) is 14.0. The Kier molecular flexibility index (Phi) is 4.61. The van der Waals surface area contributed by atoms with E-state index < -0.39 is 11.4 Å². The molecule has 3 atom stereocenters. The quantitative estimate of drug-likeness (QED) is 0.901. The number of carbonyl (C=O) groups excluding carboxylic acids is 1. The van der Waals surface area contributed by atoms with E-state index in [-0.39, 0.29) is 23.6 Å². The minimum Gasteiger partial charge on any atom is -0.481 e. The Morgan fingerprint density at radius 1 is 1.42 bits per heavy atom. The lowest BCUT2D eigenvalue weighted by Crippen LogP contribution is -2.39. The van der Waals surface area contributed by atoms with Gasteiger partial charge in [-0.15, -0.1) is 0 Å². The van der Waals surface area contributed by atoms with Crippen LogP contribution in [-0.4, -0.2) is 35.0 Å². The van der Waals surface area contributed by atoms with Crippen molar-refractivity contribution in [3.8, 4) is 0 Å². The average Bonchev–Trinajstić information content (AvgIpc) is 3.11. The highest BCUT2D eigenvalue weighted by atomic mass is 19.1. The van der Waals surface area contributed by atoms with Crippen molar-refractivity contribution in [1.82, 2.24) is 4.90 Å². The number of benzene rings is 1. The standard InChI is InChI=1S/C19H24FNO3/c1-13(8-9-14-5-2-3-7-16(14)20)17(22)21-11-15-6-4-10-19(15,12-21)18(23)24/h2-3,5,7,13,15H,4,6,8-12H2,1H3,(H,23,24)/t13?,15-,19+/m0/s1. The fourth-order valence-electron chi connectivity index (χ4n) is 4.32. The summed E-state index contributed by atoms with van der Waals surface area (Å²) in [6.07, 6.45) is 3.57. The lowest BCUT2D eigenvalue weighted by Gasteiger charge is -2.25. The van der Waals surface area contributed by atoms with Gasteiger partial charge in [-0.05, 0) is 43.2 Å². The number of rotatable bonds is 5. The van der Waals surface area contributed by atoms with Crippen LogP contribution in [0.4, 0.5) is 4.39 Å². The number of halogens is 1. The van der Waals surface area contributed by atoms with Gasteiger partial charge in [0.15, 0.2) is 0 Å². The SMILES string of the molecule is CC(CCc1ccccc1F)C(=O)N1C[C@@H]2CCC[C@@]2(C(=O)O)C1. The molecule has 2 fully saturated rings. The first-order valence-corrected chi connectivity index (χ1v) is 8.69. The van der Waals surface area contributed by atoms with Gasteiger partial charge in [-0.3, -0.25) is 9.59 Å². The number of carboxylic acids is 1. The summed E-state index contributed by atoms with van der Waals surface area (Å²) in [5.74, 6) is -1.15. The van der Waals surface area contributed by atoms with E-state index >= 15 is 0 Å². The third-order valence-electron chi connectivity index (χ3n) is 5.83. The maximum absolute atomic E-state index is 13.7. The van der Waals surface area contributed by atoms with Crippen molar-refractivity contribution in [1.29, 1.82) is 0 Å². The highest BCUT2D eigenvalue weighted by Crippen LogP contribution is 2.49. The van der Waals surface area contributed by atoms with Crippen LogP contribution in [0, 0.1) is 23.1 Å². The number of hydrogen-bond donors (Lipinski definition) is 1. The summed E-state index contributed by atoms with van der Waals surface area (Å²) in [7, 11) is 0. The summed E-state index contributed by atoms with van der Waals surface area (Å²) in [6, 6.07) is 6.62. The van der Waals surface area contributed by atoms with E-state index in [1.807, 2.05) is 6.92 Å². The number of nitrogens with zero attached hydrogens (tertiary/aromatic N) is 1. The largest absolute Gasteiger partial charge is 0.481 e. The van der Waals surface area contributed by atoms with Gasteiger partial charge in [-0.2, -0.15) is 0 Å². The van der Waals surface area contributed by atoms with E-state index in [0.717, 1.165) is 12.8 Å². The van der Waals surface area contributed by atoms with Crippen LogP contribution < -0.4 is 0 Å². The minimum atomic E-state index is -0.765. The monoisotopic (exact) mass is 333 g/mol. The van der Waals surface area contributed by atoms with Crippen LogP contribution in [-0.2, 0) is 16.0 Å². The smallest absolute Gasteiger partial charge is 0.311 e. The van der Waals surface area contributed by atoms with Crippen LogP contribution in [0.2, 0.25) is 0 Å². The molecule has 2 aliphatic rings. The molecule has 3 rings (SSSR count). The van der Waals surface area contributed by atoms with Crippen molar-refractivity contribution >= 4 is 11.9 Å². The Balaban J connectivity index is 1.61. The molecule has 1 saturated heterocycles. The van der Waals surface area contributed by atoms with Gasteiger partial charge in [0.1, 0.15) is 5.82 Å². The van der Waals surface area contributed by atoms with E-state index in [1.54, 1.807) is 23.1 Å². The third kappa shape index (κ3) is 2.92. The lowest BCUT2D eigenvalue weighted by atomic mass is 9.81. The second-order valence-corrected chi connectivity index (χ2v) is 7.30. The van der Waals surface area contributed by atoms with Crippen LogP contribution in [0.15, 0.2) is 24.3 Å². The molecule has 4 nitrogen and oxygen atoms in total. The predicted molar refractivity (Wildman–Crippen MR) is 87.9 cm³/mol. The molecule has 1 aromatic rings. The molecule has 130 valence electrons. The number of hydrogen-bond acceptors (Lipinski definition) is 2. The number of carbonyl (C=O) groups is 2. The van der Waals surface area contributed by atoms with Crippen LogP contribution in [0.25, 0.3) is 0 Å². The van der Waals surface area contributed by atoms with E-state index in [4.69, 9.17) is 0 Å². The number of aryl methyl sites for hydroxylation is 1. The van der Waals surface area contributed by atoms with Crippen molar-refractivity contribution < 1.29 is 19.1 Å². The number of likely N-dealkylation sites (tertiary alicyclic amines) is 1. The third-order valence-corrected chi connectivity index (χ3v) is 5.83. The number of aliphatic carboxylic acids is 1. The molecule has 1 aromatic carbocycles. The van der Waals surface area contributed by atoms with Gasteiger partial charge in [0.2, 0.25) is 5.91 Å². The molecular weight excluding hydrogens is 309 g/mol. The fourth-order valence-corrected chi connectivity index (χ4v) is 4.32. The molecular formula is C19H24FNO3. The van der Waals surface area contributed by atoms with E-state index in [0.29, 0.717) is 37.9 Å². The van der Waals surface area contributed by atoms with Crippen molar-refractivity contribution in [3.63, 3.8) is 0 Å². The molecule has 0 bridgehead atoms. The molecule has 1 aliphatic carbocycles. The van der Waals surface area contributed by atoms with Gasteiger partial charge < -0.3 is 10.0 Å². The fraction of sp³-hybridized carbons (Fsp3) is 0.579. The average molecular weight is 333 g/mol. The van der Waals surface area contributed by atoms with Crippen molar-refractivity contribution in [2.75, 3.05) is 13.1 Å². The lowest BCUT2D eigenvalue weighted by molar-refractivity contribution is -0.149. The first-order valence-electron chi connectivity index (χ1n) is 8.69. The first-order chi connectivity index (χ1) is 11.4. The van der Waals surface area contributed by atoms with Gasteiger partial charge in [0.05, 0.1) is 5.41 Å². The van der Waals surface area contributed by atoms with Crippen LogP contribution in [0.5, 0.6) is 0 Å². The Labute approximate surface area is 141 Å². The van der Waals surface area contributed by atoms with Gasteiger partial charge in [-0.1, -0.05) is 31.5 Å². The molecule has 1 saturated carbocycles. The second-order valence-electron chi connectivity index (χ2n) is 7.30. The van der Waals surface area contributed by atoms with Gasteiger partial charge >= 0.3 is 5.97 Å². The molecule has 0 radical (unpaired) electrons. The normalized spacial score (nSPS) is 27.1. The van der Waals surface area contributed by atoms with E-state index in [9.17, 15) is 19.1 Å². The molecule has 0 aromatic heterocycles. The highest BCUT2D eigenvalue weighted by Gasteiger charge is 2.55. The Morgan fingerprint density at radius 3 is 2.83 bits per heavy atom. The van der Waals surface area contributed by atoms with Gasteiger partial charge in [0, 0.05) is 19.0 Å². The second kappa shape index (κ2) is 6.54. The predicted octanol–water partition coefficient (Wildman–Crippen LogP) is 3.11. The Bertz CT molecular complexity index is 647.